The molecule has 0 amide bonds. The van der Waals surface area contributed by atoms with Crippen LogP contribution in [-0.4, -0.2) is 37.6 Å². The fourth-order valence-electron chi connectivity index (χ4n) is 4.59. The summed E-state index contributed by atoms with van der Waals surface area (Å²) in [5, 5.41) is 10.1. The number of halogens is 1. The fourth-order valence-corrected chi connectivity index (χ4v) is 6.07. The number of allylic oxidation sites excluding steroid dienone is 3. The Labute approximate surface area is 184 Å². The molecule has 5 nitrogen and oxygen atoms in total. The summed E-state index contributed by atoms with van der Waals surface area (Å²) in [5.41, 5.74) is 2.85. The van der Waals surface area contributed by atoms with Crippen molar-refractivity contribution in [1.82, 2.24) is 0 Å². The highest BCUT2D eigenvalue weighted by atomic mass is 31.2. The van der Waals surface area contributed by atoms with Crippen LogP contribution in [0.2, 0.25) is 0 Å². The second-order valence-corrected chi connectivity index (χ2v) is 12.1. The van der Waals surface area contributed by atoms with Crippen molar-refractivity contribution in [1.29, 1.82) is 0 Å². The van der Waals surface area contributed by atoms with Gasteiger partial charge in [-0.15, -0.1) is 0 Å². The molecule has 31 heavy (non-hydrogen) atoms. The number of aliphatic hydroxyl groups excluding tert-OH is 1. The Morgan fingerprint density at radius 2 is 1.84 bits per heavy atom. The molecule has 0 aromatic heterocycles. The van der Waals surface area contributed by atoms with Gasteiger partial charge in [0.2, 0.25) is 7.37 Å². The van der Waals surface area contributed by atoms with Crippen molar-refractivity contribution in [3.8, 4) is 0 Å². The number of esters is 1. The molecule has 1 aliphatic rings. The maximum absolute atomic E-state index is 13.5. The highest BCUT2D eigenvalue weighted by Crippen LogP contribution is 2.54. The molecule has 7 heteroatoms. The van der Waals surface area contributed by atoms with Gasteiger partial charge in [-0.25, -0.2) is 4.39 Å². The van der Waals surface area contributed by atoms with Crippen molar-refractivity contribution in [2.45, 2.75) is 53.1 Å². The molecule has 1 aromatic carbocycles. The number of hydrogen-bond donors (Lipinski definition) is 1. The summed E-state index contributed by atoms with van der Waals surface area (Å²) in [6.07, 6.45) is 1.98. The van der Waals surface area contributed by atoms with Crippen molar-refractivity contribution in [2.75, 3.05) is 20.4 Å². The van der Waals surface area contributed by atoms with Gasteiger partial charge in [0.25, 0.3) is 0 Å². The minimum atomic E-state index is -3.34. The Morgan fingerprint density at radius 1 is 1.23 bits per heavy atom. The minimum Gasteiger partial charge on any atom is -0.469 e. The van der Waals surface area contributed by atoms with Crippen molar-refractivity contribution in [3.05, 3.63) is 53.1 Å². The molecule has 0 spiro atoms. The zero-order chi connectivity index (χ0) is 23.4. The standard InChI is InChI=1S/C24H34FO5P/c1-23(2)14-20(17-7-9-18(25)10-8-17)21(24(3,4)16-23)11-12-31(28,30-6)15-19(26)13-22(27)29-5/h7-12,19,26H,13-16H2,1-6H3/b12-11+/t19-,31?/m0/s1. The average Bonchev–Trinajstić information content (AvgIpc) is 2.65. The molecule has 0 saturated heterocycles. The average molecular weight is 453 g/mol. The van der Waals surface area contributed by atoms with Crippen molar-refractivity contribution >= 4 is 18.9 Å². The molecule has 1 aliphatic carbocycles. The molecule has 1 aromatic rings. The molecular formula is C24H34FO5P. The summed E-state index contributed by atoms with van der Waals surface area (Å²) in [6, 6.07) is 6.43. The normalized spacial score (nSPS) is 21.0. The lowest BCUT2D eigenvalue weighted by atomic mass is 9.61. The molecule has 0 saturated carbocycles. The molecular weight excluding hydrogens is 418 g/mol. The van der Waals surface area contributed by atoms with E-state index in [0.717, 1.165) is 29.6 Å². The van der Waals surface area contributed by atoms with E-state index in [-0.39, 0.29) is 29.2 Å². The zero-order valence-electron chi connectivity index (χ0n) is 19.3. The minimum absolute atomic E-state index is 0.0478. The molecule has 2 atom stereocenters. The fraction of sp³-hybridized carbons (Fsp3) is 0.542. The van der Waals surface area contributed by atoms with Gasteiger partial charge < -0.3 is 14.4 Å². The molecule has 2 rings (SSSR count). The molecule has 172 valence electrons. The first kappa shape index (κ1) is 25.5. The summed E-state index contributed by atoms with van der Waals surface area (Å²) in [6.45, 7) is 8.70. The maximum Gasteiger partial charge on any atom is 0.308 e. The van der Waals surface area contributed by atoms with Gasteiger partial charge in [0.1, 0.15) is 5.82 Å². The molecule has 1 N–H and O–H groups in total. The lowest BCUT2D eigenvalue weighted by Gasteiger charge is -2.43. The van der Waals surface area contributed by atoms with E-state index in [1.165, 1.54) is 32.2 Å². The third kappa shape index (κ3) is 6.86. The maximum atomic E-state index is 13.5. The first-order chi connectivity index (χ1) is 14.3. The largest absolute Gasteiger partial charge is 0.469 e. The number of carbonyl (C=O) groups is 1. The van der Waals surface area contributed by atoms with Crippen LogP contribution in [0.25, 0.3) is 5.57 Å². The van der Waals surface area contributed by atoms with E-state index in [4.69, 9.17) is 4.52 Å². The first-order valence-corrected chi connectivity index (χ1v) is 12.3. The first-order valence-electron chi connectivity index (χ1n) is 10.4. The molecule has 0 aliphatic heterocycles. The van der Waals surface area contributed by atoms with Crippen LogP contribution in [-0.2, 0) is 18.6 Å². The predicted octanol–water partition coefficient (Wildman–Crippen LogP) is 5.79. The van der Waals surface area contributed by atoms with Gasteiger partial charge in [-0.05, 0) is 52.5 Å². The number of rotatable bonds is 8. The van der Waals surface area contributed by atoms with Crippen LogP contribution in [0.5, 0.6) is 0 Å². The van der Waals surface area contributed by atoms with Gasteiger partial charge in [-0.3, -0.25) is 9.36 Å². The Bertz CT molecular complexity index is 899. The number of carbonyl (C=O) groups excluding carboxylic acids is 1. The summed E-state index contributed by atoms with van der Waals surface area (Å²) < 4.78 is 36.6. The van der Waals surface area contributed by atoms with E-state index in [1.807, 2.05) is 6.08 Å². The van der Waals surface area contributed by atoms with Crippen molar-refractivity contribution in [3.63, 3.8) is 0 Å². The third-order valence-corrected chi connectivity index (χ3v) is 7.85. The van der Waals surface area contributed by atoms with Gasteiger partial charge in [0.05, 0.1) is 25.8 Å². The lowest BCUT2D eigenvalue weighted by molar-refractivity contribution is -0.142. The number of hydrogen-bond acceptors (Lipinski definition) is 5. The highest BCUT2D eigenvalue weighted by Gasteiger charge is 2.39. The number of methoxy groups -OCH3 is 1. The highest BCUT2D eigenvalue weighted by molar-refractivity contribution is 7.62. The predicted molar refractivity (Wildman–Crippen MR) is 121 cm³/mol. The topological polar surface area (TPSA) is 72.8 Å². The summed E-state index contributed by atoms with van der Waals surface area (Å²) >= 11 is 0. The van der Waals surface area contributed by atoms with E-state index in [2.05, 4.69) is 32.4 Å². The van der Waals surface area contributed by atoms with Gasteiger partial charge in [0, 0.05) is 12.9 Å². The van der Waals surface area contributed by atoms with Crippen LogP contribution >= 0.6 is 7.37 Å². The molecule has 1 unspecified atom stereocenters. The van der Waals surface area contributed by atoms with Crippen LogP contribution in [0.15, 0.2) is 41.7 Å². The SMILES string of the molecule is COC(=O)C[C@H](O)CP(=O)(/C=C/C1=C(c2ccc(F)cc2)CC(C)(C)CC1(C)C)OC. The van der Waals surface area contributed by atoms with Gasteiger partial charge in [-0.1, -0.05) is 45.9 Å². The van der Waals surface area contributed by atoms with Crippen LogP contribution in [0.3, 0.4) is 0 Å². The summed E-state index contributed by atoms with van der Waals surface area (Å²) in [7, 11) is -0.766. The van der Waals surface area contributed by atoms with E-state index in [9.17, 15) is 18.9 Å². The third-order valence-electron chi connectivity index (χ3n) is 5.70. The van der Waals surface area contributed by atoms with E-state index in [1.54, 1.807) is 12.1 Å². The summed E-state index contributed by atoms with van der Waals surface area (Å²) in [4.78, 5) is 11.4. The molecule has 0 heterocycles. The quantitative estimate of drug-likeness (QED) is 0.399. The van der Waals surface area contributed by atoms with Crippen LogP contribution in [0.1, 0.15) is 52.5 Å². The summed E-state index contributed by atoms with van der Waals surface area (Å²) in [5.74, 6) is 0.655. The zero-order valence-corrected chi connectivity index (χ0v) is 20.2. The molecule has 0 bridgehead atoms. The Morgan fingerprint density at radius 3 is 2.39 bits per heavy atom. The van der Waals surface area contributed by atoms with Crippen LogP contribution in [0, 0.1) is 16.6 Å². The van der Waals surface area contributed by atoms with Crippen molar-refractivity contribution in [2.24, 2.45) is 10.8 Å². The van der Waals surface area contributed by atoms with Gasteiger partial charge in [0.15, 0.2) is 0 Å². The number of benzene rings is 1. The second-order valence-electron chi connectivity index (χ2n) is 9.64. The Hall–Kier alpha value is -1.75. The Balaban J connectivity index is 2.46. The van der Waals surface area contributed by atoms with E-state index < -0.39 is 19.4 Å². The molecule has 0 fully saturated rings. The number of ether oxygens (including phenoxy) is 1. The second kappa shape index (κ2) is 9.81. The van der Waals surface area contributed by atoms with E-state index in [0.29, 0.717) is 0 Å². The van der Waals surface area contributed by atoms with Crippen molar-refractivity contribution < 1.29 is 28.1 Å². The smallest absolute Gasteiger partial charge is 0.308 e. The Kier molecular flexibility index (Phi) is 8.07. The van der Waals surface area contributed by atoms with E-state index >= 15 is 0 Å². The molecule has 0 radical (unpaired) electrons. The van der Waals surface area contributed by atoms with Gasteiger partial charge >= 0.3 is 5.97 Å². The lowest BCUT2D eigenvalue weighted by Crippen LogP contribution is -2.30. The number of aliphatic hydroxyl groups is 1. The van der Waals surface area contributed by atoms with Crippen LogP contribution < -0.4 is 0 Å². The van der Waals surface area contributed by atoms with Gasteiger partial charge in [-0.2, -0.15) is 0 Å². The van der Waals surface area contributed by atoms with Crippen LogP contribution in [0.4, 0.5) is 4.39 Å². The monoisotopic (exact) mass is 452 g/mol.